The summed E-state index contributed by atoms with van der Waals surface area (Å²) in [5.41, 5.74) is 1.72. The van der Waals surface area contributed by atoms with E-state index in [2.05, 4.69) is 14.7 Å². The Morgan fingerprint density at radius 2 is 1.67 bits per heavy atom. The fraction of sp³-hybridized carbons (Fsp3) is 0.214. The Morgan fingerprint density at radius 3 is 2.33 bits per heavy atom. The van der Waals surface area contributed by atoms with Crippen molar-refractivity contribution in [1.29, 1.82) is 0 Å². The summed E-state index contributed by atoms with van der Waals surface area (Å²) in [5.74, 6) is -0.173. The molecule has 1 amide bonds. The summed E-state index contributed by atoms with van der Waals surface area (Å²) in [5, 5.41) is 12.2. The van der Waals surface area contributed by atoms with Gasteiger partial charge >= 0.3 is 6.36 Å². The second-order valence-electron chi connectivity index (χ2n) is 9.21. The number of carbonyl (C=O) groups is 1. The molecule has 11 heteroatoms. The first-order valence-electron chi connectivity index (χ1n) is 12.0. The highest BCUT2D eigenvalue weighted by molar-refractivity contribution is 6.34. The molecule has 1 fully saturated rings. The fourth-order valence-corrected chi connectivity index (χ4v) is 5.11. The molecule has 2 heterocycles. The molecule has 0 bridgehead atoms. The molecule has 0 saturated carbocycles. The third-order valence-electron chi connectivity index (χ3n) is 6.71. The number of halogens is 5. The zero-order valence-corrected chi connectivity index (χ0v) is 21.8. The smallest absolute Gasteiger partial charge is 0.406 e. The Bertz CT molecular complexity index is 1500. The van der Waals surface area contributed by atoms with Gasteiger partial charge in [0.25, 0.3) is 5.91 Å². The minimum atomic E-state index is -4.79. The number of ether oxygens (including phenoxy) is 1. The van der Waals surface area contributed by atoms with E-state index in [1.54, 1.807) is 29.2 Å². The molecule has 1 aliphatic heterocycles. The molecule has 5 rings (SSSR count). The number of likely N-dealkylation sites (tertiary alicyclic amines) is 1. The SMILES string of the molecule is O=C(c1cnc(-c2ccc(Cl)cc2-c2ccccc2Cl)[nH]1)N1CCC(O)(c2ccc(OC(F)(F)F)cc2)CC1. The number of amides is 1. The maximum atomic E-state index is 13.2. The number of carbonyl (C=O) groups excluding carboxylic acids is 1. The second kappa shape index (κ2) is 10.6. The van der Waals surface area contributed by atoms with Crippen LogP contribution in [0.2, 0.25) is 10.0 Å². The van der Waals surface area contributed by atoms with Crippen LogP contribution in [0, 0.1) is 0 Å². The molecule has 202 valence electrons. The van der Waals surface area contributed by atoms with E-state index in [1.807, 2.05) is 18.2 Å². The number of aliphatic hydroxyl groups is 1. The summed E-state index contributed by atoms with van der Waals surface area (Å²) in [6.45, 7) is 0.493. The van der Waals surface area contributed by atoms with Gasteiger partial charge in [-0.1, -0.05) is 53.5 Å². The fourth-order valence-electron chi connectivity index (χ4n) is 4.70. The Kier molecular flexibility index (Phi) is 7.33. The molecular weight excluding hydrogens is 554 g/mol. The molecule has 0 atom stereocenters. The molecule has 0 aliphatic carbocycles. The lowest BCUT2D eigenvalue weighted by Gasteiger charge is -2.38. The number of aromatic amines is 1. The minimum Gasteiger partial charge on any atom is -0.406 e. The van der Waals surface area contributed by atoms with E-state index in [9.17, 15) is 23.1 Å². The van der Waals surface area contributed by atoms with Gasteiger partial charge in [0.05, 0.1) is 11.8 Å². The van der Waals surface area contributed by atoms with Crippen LogP contribution in [0.25, 0.3) is 22.5 Å². The zero-order valence-electron chi connectivity index (χ0n) is 20.3. The summed E-state index contributed by atoms with van der Waals surface area (Å²) in [7, 11) is 0. The van der Waals surface area contributed by atoms with E-state index in [0.29, 0.717) is 21.4 Å². The van der Waals surface area contributed by atoms with Crippen molar-refractivity contribution >= 4 is 29.1 Å². The second-order valence-corrected chi connectivity index (χ2v) is 10.1. The molecule has 1 aliphatic rings. The Hall–Kier alpha value is -3.53. The number of benzene rings is 3. The molecular formula is C28H22Cl2F3N3O3. The number of nitrogens with one attached hydrogen (secondary N) is 1. The van der Waals surface area contributed by atoms with Crippen molar-refractivity contribution in [2.45, 2.75) is 24.8 Å². The van der Waals surface area contributed by atoms with Crippen LogP contribution >= 0.6 is 23.2 Å². The number of nitrogens with zero attached hydrogens (tertiary/aromatic N) is 2. The largest absolute Gasteiger partial charge is 0.573 e. The maximum absolute atomic E-state index is 13.2. The Balaban J connectivity index is 1.30. The van der Waals surface area contributed by atoms with Gasteiger partial charge in [-0.05, 0) is 60.4 Å². The topological polar surface area (TPSA) is 78.5 Å². The number of hydrogen-bond donors (Lipinski definition) is 2. The monoisotopic (exact) mass is 575 g/mol. The molecule has 2 N–H and O–H groups in total. The highest BCUT2D eigenvalue weighted by Crippen LogP contribution is 2.37. The average molecular weight is 576 g/mol. The normalized spacial score (nSPS) is 15.3. The third kappa shape index (κ3) is 5.90. The molecule has 1 aromatic heterocycles. The quantitative estimate of drug-likeness (QED) is 0.266. The van der Waals surface area contributed by atoms with E-state index < -0.39 is 12.0 Å². The lowest BCUT2D eigenvalue weighted by Crippen LogP contribution is -2.45. The number of piperidine rings is 1. The van der Waals surface area contributed by atoms with Gasteiger partial charge < -0.3 is 19.7 Å². The van der Waals surface area contributed by atoms with Crippen LogP contribution in [0.3, 0.4) is 0 Å². The molecule has 3 aromatic carbocycles. The van der Waals surface area contributed by atoms with E-state index >= 15 is 0 Å². The van der Waals surface area contributed by atoms with Gasteiger partial charge in [-0.25, -0.2) is 4.98 Å². The lowest BCUT2D eigenvalue weighted by atomic mass is 9.84. The van der Waals surface area contributed by atoms with Gasteiger partial charge in [-0.2, -0.15) is 0 Å². The van der Waals surface area contributed by atoms with Crippen molar-refractivity contribution in [3.8, 4) is 28.3 Å². The van der Waals surface area contributed by atoms with Gasteiger partial charge in [0.2, 0.25) is 0 Å². The van der Waals surface area contributed by atoms with Crippen molar-refractivity contribution < 1.29 is 27.8 Å². The van der Waals surface area contributed by atoms with Crippen molar-refractivity contribution in [2.24, 2.45) is 0 Å². The van der Waals surface area contributed by atoms with Crippen LogP contribution in [-0.2, 0) is 5.60 Å². The average Bonchev–Trinajstić information content (AvgIpc) is 3.38. The first-order valence-corrected chi connectivity index (χ1v) is 12.8. The maximum Gasteiger partial charge on any atom is 0.573 e. The molecule has 6 nitrogen and oxygen atoms in total. The highest BCUT2D eigenvalue weighted by atomic mass is 35.5. The Morgan fingerprint density at radius 1 is 0.974 bits per heavy atom. The number of rotatable bonds is 5. The van der Waals surface area contributed by atoms with E-state index in [1.165, 1.54) is 18.3 Å². The van der Waals surface area contributed by atoms with Gasteiger partial charge in [-0.3, -0.25) is 4.79 Å². The third-order valence-corrected chi connectivity index (χ3v) is 7.27. The predicted molar refractivity (Wildman–Crippen MR) is 142 cm³/mol. The van der Waals surface area contributed by atoms with Gasteiger partial charge in [-0.15, -0.1) is 13.2 Å². The van der Waals surface area contributed by atoms with Crippen LogP contribution in [0.15, 0.2) is 72.9 Å². The van der Waals surface area contributed by atoms with Crippen molar-refractivity contribution in [3.05, 3.63) is 94.2 Å². The van der Waals surface area contributed by atoms with Gasteiger partial charge in [0.15, 0.2) is 0 Å². The van der Waals surface area contributed by atoms with Crippen molar-refractivity contribution in [3.63, 3.8) is 0 Å². The number of imidazole rings is 1. The highest BCUT2D eigenvalue weighted by Gasteiger charge is 2.37. The van der Waals surface area contributed by atoms with E-state index in [0.717, 1.165) is 28.8 Å². The number of H-pyrrole nitrogens is 1. The molecule has 0 radical (unpaired) electrons. The van der Waals surface area contributed by atoms with E-state index in [4.69, 9.17) is 23.2 Å². The number of hydrogen-bond acceptors (Lipinski definition) is 4. The molecule has 1 saturated heterocycles. The first kappa shape index (κ1) is 27.1. The van der Waals surface area contributed by atoms with Crippen LogP contribution in [-0.4, -0.2) is 45.3 Å². The number of aromatic nitrogens is 2. The molecule has 4 aromatic rings. The summed E-state index contributed by atoms with van der Waals surface area (Å²) in [6, 6.07) is 17.8. The molecule has 0 spiro atoms. The standard InChI is InChI=1S/C28H22Cl2F3N3O3/c29-18-7-10-21(22(15-18)20-3-1-2-4-23(20)30)25-34-16-24(35-25)26(37)36-13-11-27(38,12-14-36)17-5-8-19(9-6-17)39-28(31,32)33/h1-10,15-16,38H,11-14H2,(H,34,35). The summed E-state index contributed by atoms with van der Waals surface area (Å²) in [6.07, 6.45) is -2.90. The van der Waals surface area contributed by atoms with Crippen LogP contribution in [0.5, 0.6) is 5.75 Å². The number of alkyl halides is 3. The van der Waals surface area contributed by atoms with Crippen molar-refractivity contribution in [1.82, 2.24) is 14.9 Å². The minimum absolute atomic E-state index is 0.215. The zero-order chi connectivity index (χ0) is 27.8. The van der Waals surface area contributed by atoms with Crippen LogP contribution in [0.1, 0.15) is 28.9 Å². The van der Waals surface area contributed by atoms with Crippen LogP contribution in [0.4, 0.5) is 13.2 Å². The summed E-state index contributed by atoms with van der Waals surface area (Å²) >= 11 is 12.7. The summed E-state index contributed by atoms with van der Waals surface area (Å²) in [4.78, 5) is 22.4. The van der Waals surface area contributed by atoms with Gasteiger partial charge in [0, 0.05) is 34.3 Å². The first-order chi connectivity index (χ1) is 18.5. The Labute approximate surface area is 232 Å². The van der Waals surface area contributed by atoms with Crippen LogP contribution < -0.4 is 4.74 Å². The lowest BCUT2D eigenvalue weighted by molar-refractivity contribution is -0.274. The predicted octanol–water partition coefficient (Wildman–Crippen LogP) is 7.07. The van der Waals surface area contributed by atoms with Gasteiger partial charge in [0.1, 0.15) is 17.3 Å². The molecule has 0 unspecified atom stereocenters. The summed E-state index contributed by atoms with van der Waals surface area (Å²) < 4.78 is 41.2. The molecule has 39 heavy (non-hydrogen) atoms. The van der Waals surface area contributed by atoms with Crippen molar-refractivity contribution in [2.75, 3.05) is 13.1 Å². The van der Waals surface area contributed by atoms with E-state index in [-0.39, 0.29) is 43.3 Å².